The van der Waals surface area contributed by atoms with Gasteiger partial charge in [0.1, 0.15) is 5.75 Å². The molecule has 2 N–H and O–H groups in total. The Bertz CT molecular complexity index is 555. The van der Waals surface area contributed by atoms with E-state index in [1.807, 2.05) is 0 Å². The Hall–Kier alpha value is -2.57. The van der Waals surface area contributed by atoms with Gasteiger partial charge >= 0.3 is 11.9 Å². The summed E-state index contributed by atoms with van der Waals surface area (Å²) in [7, 11) is 1.12. The van der Waals surface area contributed by atoms with Crippen molar-refractivity contribution in [1.82, 2.24) is 0 Å². The highest BCUT2D eigenvalue weighted by molar-refractivity contribution is 6.37. The predicted molar refractivity (Wildman–Crippen MR) is 65.8 cm³/mol. The Kier molecular flexibility index (Phi) is 3.37. The molecular formula is C12H12N2O5. The van der Waals surface area contributed by atoms with Crippen LogP contribution in [0.2, 0.25) is 0 Å². The van der Waals surface area contributed by atoms with Crippen molar-refractivity contribution in [3.8, 4) is 5.75 Å². The van der Waals surface area contributed by atoms with E-state index in [0.29, 0.717) is 17.1 Å². The van der Waals surface area contributed by atoms with E-state index in [1.54, 1.807) is 19.1 Å². The zero-order valence-electron chi connectivity index (χ0n) is 10.4. The molecule has 7 nitrogen and oxygen atoms in total. The average Bonchev–Trinajstić information content (AvgIpc) is 2.39. The van der Waals surface area contributed by atoms with E-state index in [1.165, 1.54) is 6.07 Å². The zero-order chi connectivity index (χ0) is 14.0. The minimum Gasteiger partial charge on any atom is -0.479 e. The normalized spacial score (nSPS) is 16.7. The van der Waals surface area contributed by atoms with Gasteiger partial charge in [0.25, 0.3) is 5.91 Å². The van der Waals surface area contributed by atoms with E-state index >= 15 is 0 Å². The molecule has 7 heteroatoms. The fourth-order valence-electron chi connectivity index (χ4n) is 1.56. The SMILES string of the molecule is COC(=O)C(=O)Nc1ccc2c(c1)NC(=O)C(C)O2. The van der Waals surface area contributed by atoms with Gasteiger partial charge in [0.15, 0.2) is 6.10 Å². The van der Waals surface area contributed by atoms with Crippen LogP contribution in [0.4, 0.5) is 11.4 Å². The number of ether oxygens (including phenoxy) is 2. The molecule has 2 rings (SSSR count). The van der Waals surface area contributed by atoms with Crippen LogP contribution in [0.5, 0.6) is 5.75 Å². The highest BCUT2D eigenvalue weighted by atomic mass is 16.5. The highest BCUT2D eigenvalue weighted by Gasteiger charge is 2.24. The van der Waals surface area contributed by atoms with Crippen molar-refractivity contribution in [1.29, 1.82) is 0 Å². The number of hydrogen-bond donors (Lipinski definition) is 2. The standard InChI is InChI=1S/C12H12N2O5/c1-6-10(15)14-8-5-7(3-4-9(8)19-6)13-11(16)12(17)18-2/h3-6H,1-2H3,(H,13,16)(H,14,15). The van der Waals surface area contributed by atoms with Crippen molar-refractivity contribution in [3.63, 3.8) is 0 Å². The molecule has 0 saturated heterocycles. The molecule has 0 fully saturated rings. The van der Waals surface area contributed by atoms with Crippen LogP contribution >= 0.6 is 0 Å². The van der Waals surface area contributed by atoms with Gasteiger partial charge in [0, 0.05) is 5.69 Å². The van der Waals surface area contributed by atoms with Gasteiger partial charge in [0.05, 0.1) is 12.8 Å². The molecule has 100 valence electrons. The van der Waals surface area contributed by atoms with Crippen molar-refractivity contribution in [2.75, 3.05) is 17.7 Å². The number of rotatable bonds is 1. The maximum Gasteiger partial charge on any atom is 0.396 e. The van der Waals surface area contributed by atoms with E-state index < -0.39 is 18.0 Å². The van der Waals surface area contributed by atoms with Crippen LogP contribution < -0.4 is 15.4 Å². The summed E-state index contributed by atoms with van der Waals surface area (Å²) in [6.07, 6.45) is -0.567. The molecular weight excluding hydrogens is 252 g/mol. The molecule has 0 aromatic heterocycles. The maximum absolute atomic E-state index is 11.4. The van der Waals surface area contributed by atoms with Gasteiger partial charge in [0.2, 0.25) is 0 Å². The topological polar surface area (TPSA) is 93.7 Å². The molecule has 2 amide bonds. The first-order valence-corrected chi connectivity index (χ1v) is 5.52. The van der Waals surface area contributed by atoms with Crippen LogP contribution in [0.3, 0.4) is 0 Å². The Morgan fingerprint density at radius 2 is 2.16 bits per heavy atom. The van der Waals surface area contributed by atoms with Crippen LogP contribution in [0.25, 0.3) is 0 Å². The van der Waals surface area contributed by atoms with Gasteiger partial charge in [-0.15, -0.1) is 0 Å². The molecule has 0 aliphatic carbocycles. The number of esters is 1. The second-order valence-corrected chi connectivity index (χ2v) is 3.91. The fraction of sp³-hybridized carbons (Fsp3) is 0.250. The Labute approximate surface area is 108 Å². The lowest BCUT2D eigenvalue weighted by molar-refractivity contribution is -0.150. The Balaban J connectivity index is 2.18. The largest absolute Gasteiger partial charge is 0.479 e. The van der Waals surface area contributed by atoms with Crippen molar-refractivity contribution < 1.29 is 23.9 Å². The lowest BCUT2D eigenvalue weighted by atomic mass is 10.2. The predicted octanol–water partition coefficient (Wildman–Crippen LogP) is 0.517. The number of benzene rings is 1. The first-order chi connectivity index (χ1) is 9.01. The van der Waals surface area contributed by atoms with Crippen molar-refractivity contribution in [2.24, 2.45) is 0 Å². The number of anilines is 2. The maximum atomic E-state index is 11.4. The summed E-state index contributed by atoms with van der Waals surface area (Å²) >= 11 is 0. The molecule has 1 aromatic rings. The van der Waals surface area contributed by atoms with E-state index in [0.717, 1.165) is 7.11 Å². The second-order valence-electron chi connectivity index (χ2n) is 3.91. The smallest absolute Gasteiger partial charge is 0.396 e. The lowest BCUT2D eigenvalue weighted by Gasteiger charge is -2.23. The summed E-state index contributed by atoms with van der Waals surface area (Å²) in [5.74, 6) is -1.65. The average molecular weight is 264 g/mol. The molecule has 0 saturated carbocycles. The summed E-state index contributed by atoms with van der Waals surface area (Å²) in [5.41, 5.74) is 0.790. The first kappa shape index (κ1) is 12.9. The molecule has 0 bridgehead atoms. The van der Waals surface area contributed by atoms with E-state index in [-0.39, 0.29) is 5.91 Å². The third-order valence-corrected chi connectivity index (χ3v) is 2.54. The van der Waals surface area contributed by atoms with Gasteiger partial charge < -0.3 is 20.1 Å². The van der Waals surface area contributed by atoms with Crippen LogP contribution in [0, 0.1) is 0 Å². The minimum atomic E-state index is -0.994. The third-order valence-electron chi connectivity index (χ3n) is 2.54. The summed E-state index contributed by atoms with van der Waals surface area (Å²) in [6.45, 7) is 1.63. The quantitative estimate of drug-likeness (QED) is 0.569. The minimum absolute atomic E-state index is 0.274. The summed E-state index contributed by atoms with van der Waals surface area (Å²) < 4.78 is 9.64. The molecule has 1 unspecified atom stereocenters. The van der Waals surface area contributed by atoms with E-state index in [9.17, 15) is 14.4 Å². The molecule has 1 aliphatic rings. The summed E-state index contributed by atoms with van der Waals surface area (Å²) in [6, 6.07) is 4.65. The second kappa shape index (κ2) is 4.97. The third kappa shape index (κ3) is 2.65. The van der Waals surface area contributed by atoms with Crippen LogP contribution in [0.15, 0.2) is 18.2 Å². The van der Waals surface area contributed by atoms with Gasteiger partial charge in [-0.1, -0.05) is 0 Å². The van der Waals surface area contributed by atoms with Crippen molar-refractivity contribution in [2.45, 2.75) is 13.0 Å². The Morgan fingerprint density at radius 3 is 2.84 bits per heavy atom. The Morgan fingerprint density at radius 1 is 1.42 bits per heavy atom. The van der Waals surface area contributed by atoms with Crippen molar-refractivity contribution >= 4 is 29.2 Å². The number of nitrogens with one attached hydrogen (secondary N) is 2. The number of methoxy groups -OCH3 is 1. The number of hydrogen-bond acceptors (Lipinski definition) is 5. The number of carbonyl (C=O) groups is 3. The van der Waals surface area contributed by atoms with Crippen molar-refractivity contribution in [3.05, 3.63) is 18.2 Å². The molecule has 1 aromatic carbocycles. The zero-order valence-corrected chi connectivity index (χ0v) is 10.4. The van der Waals surface area contributed by atoms with Crippen LogP contribution in [0.1, 0.15) is 6.92 Å². The molecule has 1 aliphatic heterocycles. The fourth-order valence-corrected chi connectivity index (χ4v) is 1.56. The summed E-state index contributed by atoms with van der Waals surface area (Å²) in [4.78, 5) is 33.7. The van der Waals surface area contributed by atoms with Gasteiger partial charge in [-0.3, -0.25) is 9.59 Å². The van der Waals surface area contributed by atoms with Crippen LogP contribution in [-0.2, 0) is 19.1 Å². The van der Waals surface area contributed by atoms with Crippen LogP contribution in [-0.4, -0.2) is 31.0 Å². The molecule has 19 heavy (non-hydrogen) atoms. The molecule has 0 spiro atoms. The highest BCUT2D eigenvalue weighted by Crippen LogP contribution is 2.32. The molecule has 1 heterocycles. The van der Waals surface area contributed by atoms with Gasteiger partial charge in [-0.2, -0.15) is 0 Å². The number of fused-ring (bicyclic) bond motifs is 1. The number of amides is 2. The summed E-state index contributed by atoms with van der Waals surface area (Å²) in [5, 5.41) is 4.98. The number of carbonyl (C=O) groups excluding carboxylic acids is 3. The molecule has 0 radical (unpaired) electrons. The van der Waals surface area contributed by atoms with Gasteiger partial charge in [-0.25, -0.2) is 4.79 Å². The van der Waals surface area contributed by atoms with E-state index in [2.05, 4.69) is 15.4 Å². The monoisotopic (exact) mass is 264 g/mol. The van der Waals surface area contributed by atoms with Gasteiger partial charge in [-0.05, 0) is 25.1 Å². The molecule has 1 atom stereocenters. The van der Waals surface area contributed by atoms with E-state index in [4.69, 9.17) is 4.74 Å². The first-order valence-electron chi connectivity index (χ1n) is 5.52. The lowest BCUT2D eigenvalue weighted by Crippen LogP contribution is -2.34.